The molecule has 0 fully saturated rings. The van der Waals surface area contributed by atoms with Crippen LogP contribution in [-0.2, 0) is 6.54 Å². The van der Waals surface area contributed by atoms with Crippen LogP contribution < -0.4 is 11.0 Å². The minimum absolute atomic E-state index is 0.00754. The minimum Gasteiger partial charge on any atom is -0.493 e. The van der Waals surface area contributed by atoms with Gasteiger partial charge in [-0.3, -0.25) is 9.55 Å². The molecule has 0 bridgehead atoms. The number of hydrogen-bond acceptors (Lipinski definition) is 5. The van der Waals surface area contributed by atoms with Gasteiger partial charge in [0.2, 0.25) is 5.88 Å². The third-order valence-corrected chi connectivity index (χ3v) is 5.90. The van der Waals surface area contributed by atoms with Crippen LogP contribution in [0.3, 0.4) is 0 Å². The van der Waals surface area contributed by atoms with Crippen molar-refractivity contribution >= 4 is 28.4 Å². The molecule has 0 aliphatic carbocycles. The lowest BCUT2D eigenvalue weighted by molar-refractivity contribution is -0.0328. The molecule has 0 saturated carbocycles. The lowest BCUT2D eigenvalue weighted by atomic mass is 10.1. The number of benzene rings is 2. The van der Waals surface area contributed by atoms with Crippen molar-refractivity contribution in [3.8, 4) is 11.6 Å². The molecule has 2 aromatic heterocycles. The van der Waals surface area contributed by atoms with E-state index in [1.807, 2.05) is 24.3 Å². The first-order chi connectivity index (χ1) is 15.2. The van der Waals surface area contributed by atoms with Gasteiger partial charge < -0.3 is 10.4 Å². The molecule has 10 heteroatoms. The molecule has 2 aromatic carbocycles. The van der Waals surface area contributed by atoms with Crippen molar-refractivity contribution in [2.75, 3.05) is 12.4 Å². The van der Waals surface area contributed by atoms with Crippen molar-refractivity contribution in [2.24, 2.45) is 0 Å². The van der Waals surface area contributed by atoms with E-state index < -0.39 is 11.2 Å². The molecule has 32 heavy (non-hydrogen) atoms. The number of pyridine rings is 1. The van der Waals surface area contributed by atoms with Crippen molar-refractivity contribution in [3.05, 3.63) is 76.5 Å². The van der Waals surface area contributed by atoms with Gasteiger partial charge in [-0.2, -0.15) is 13.2 Å². The number of halogens is 3. The lowest BCUT2D eigenvalue weighted by Gasteiger charge is -2.13. The molecular formula is C22H19F3N4O2S. The van der Waals surface area contributed by atoms with Crippen molar-refractivity contribution in [3.63, 3.8) is 0 Å². The van der Waals surface area contributed by atoms with E-state index in [1.165, 1.54) is 28.8 Å². The standard InChI is InChI=1S/C22H19F3N4O2S/c1-13-20(30)29(14-7-9-15(10-8-14)32-22(23,24)25)21(31)28(13)12-17-16-5-3-4-6-18(16)27-11-19(17)26-2/h3-11,26,30H,12H2,1-2H3. The second-order valence-electron chi connectivity index (χ2n) is 7.07. The second kappa shape index (κ2) is 8.27. The van der Waals surface area contributed by atoms with Crippen LogP contribution in [0.25, 0.3) is 16.6 Å². The molecule has 4 aromatic rings. The molecule has 0 atom stereocenters. The highest BCUT2D eigenvalue weighted by Gasteiger charge is 2.29. The number of aromatic nitrogens is 3. The van der Waals surface area contributed by atoms with Crippen LogP contribution in [0, 0.1) is 6.92 Å². The van der Waals surface area contributed by atoms with E-state index >= 15 is 0 Å². The molecule has 2 heterocycles. The van der Waals surface area contributed by atoms with E-state index in [0.717, 1.165) is 26.7 Å². The molecule has 166 valence electrons. The number of imidazole rings is 1. The largest absolute Gasteiger partial charge is 0.493 e. The lowest BCUT2D eigenvalue weighted by Crippen LogP contribution is -2.24. The zero-order valence-electron chi connectivity index (χ0n) is 17.1. The van der Waals surface area contributed by atoms with Gasteiger partial charge in [-0.05, 0) is 49.0 Å². The topological polar surface area (TPSA) is 72.1 Å². The van der Waals surface area contributed by atoms with Crippen LogP contribution in [0.2, 0.25) is 0 Å². The number of rotatable bonds is 5. The zero-order valence-corrected chi connectivity index (χ0v) is 18.0. The molecule has 0 unspecified atom stereocenters. The summed E-state index contributed by atoms with van der Waals surface area (Å²) in [6.45, 7) is 1.79. The smallest absolute Gasteiger partial charge is 0.446 e. The number of para-hydroxylation sites is 1. The first-order valence-corrected chi connectivity index (χ1v) is 10.4. The number of alkyl halides is 3. The van der Waals surface area contributed by atoms with E-state index in [4.69, 9.17) is 0 Å². The molecule has 2 N–H and O–H groups in total. The maximum Gasteiger partial charge on any atom is 0.446 e. The first kappa shape index (κ1) is 21.8. The van der Waals surface area contributed by atoms with E-state index in [9.17, 15) is 23.1 Å². The maximum absolute atomic E-state index is 13.2. The van der Waals surface area contributed by atoms with Gasteiger partial charge in [-0.15, -0.1) is 0 Å². The van der Waals surface area contributed by atoms with Gasteiger partial charge in [0, 0.05) is 22.9 Å². The Hall–Kier alpha value is -3.40. The molecular weight excluding hydrogens is 441 g/mol. The summed E-state index contributed by atoms with van der Waals surface area (Å²) in [5.41, 5.74) is -1.94. The molecule has 0 radical (unpaired) electrons. The van der Waals surface area contributed by atoms with Gasteiger partial charge in [0.15, 0.2) is 0 Å². The summed E-state index contributed by atoms with van der Waals surface area (Å²) in [5.74, 6) is -0.268. The average molecular weight is 460 g/mol. The fraction of sp³-hybridized carbons (Fsp3) is 0.182. The maximum atomic E-state index is 13.2. The highest BCUT2D eigenvalue weighted by atomic mass is 32.2. The number of thioether (sulfide) groups is 1. The molecule has 6 nitrogen and oxygen atoms in total. The minimum atomic E-state index is -4.40. The Kier molecular flexibility index (Phi) is 5.64. The average Bonchev–Trinajstić information content (AvgIpc) is 2.96. The third-order valence-electron chi connectivity index (χ3n) is 5.16. The number of nitrogens with one attached hydrogen (secondary N) is 1. The summed E-state index contributed by atoms with van der Waals surface area (Å²) in [6.07, 6.45) is 1.69. The van der Waals surface area contributed by atoms with Crippen LogP contribution >= 0.6 is 11.8 Å². The predicted octanol–water partition coefficient (Wildman–Crippen LogP) is 4.90. The Bertz CT molecular complexity index is 1340. The van der Waals surface area contributed by atoms with E-state index in [-0.39, 0.29) is 34.8 Å². The van der Waals surface area contributed by atoms with Gasteiger partial charge in [0.1, 0.15) is 0 Å². The van der Waals surface area contributed by atoms with Crippen LogP contribution in [0.5, 0.6) is 5.88 Å². The molecule has 0 amide bonds. The summed E-state index contributed by atoms with van der Waals surface area (Å²) in [5, 5.41) is 14.6. The Morgan fingerprint density at radius 3 is 2.47 bits per heavy atom. The zero-order chi connectivity index (χ0) is 23.0. The van der Waals surface area contributed by atoms with E-state index in [0.29, 0.717) is 5.69 Å². The van der Waals surface area contributed by atoms with Crippen LogP contribution in [-0.4, -0.2) is 31.8 Å². The number of anilines is 1. The summed E-state index contributed by atoms with van der Waals surface area (Å²) < 4.78 is 40.3. The quantitative estimate of drug-likeness (QED) is 0.415. The van der Waals surface area contributed by atoms with Gasteiger partial charge in [0.25, 0.3) is 0 Å². The number of hydrogen-bond donors (Lipinski definition) is 2. The number of nitrogens with zero attached hydrogens (tertiary/aromatic N) is 3. The Morgan fingerprint density at radius 1 is 1.12 bits per heavy atom. The summed E-state index contributed by atoms with van der Waals surface area (Å²) in [4.78, 5) is 17.6. The number of aromatic hydroxyl groups is 1. The SMILES string of the molecule is CNc1cnc2ccccc2c1Cn1c(C)c(O)n(-c2ccc(SC(F)(F)F)cc2)c1=O. The van der Waals surface area contributed by atoms with Crippen molar-refractivity contribution < 1.29 is 18.3 Å². The summed E-state index contributed by atoms with van der Waals surface area (Å²) in [7, 11) is 1.76. The van der Waals surface area contributed by atoms with Crippen molar-refractivity contribution in [2.45, 2.75) is 23.9 Å². The summed E-state index contributed by atoms with van der Waals surface area (Å²) in [6, 6.07) is 12.8. The molecule has 0 saturated heterocycles. The highest BCUT2D eigenvalue weighted by molar-refractivity contribution is 8.00. The fourth-order valence-electron chi connectivity index (χ4n) is 3.60. The molecule has 4 rings (SSSR count). The Labute approximate surface area is 185 Å². The monoisotopic (exact) mass is 460 g/mol. The number of fused-ring (bicyclic) bond motifs is 1. The van der Waals surface area contributed by atoms with Crippen LogP contribution in [0.15, 0.2) is 64.4 Å². The fourth-order valence-corrected chi connectivity index (χ4v) is 4.13. The second-order valence-corrected chi connectivity index (χ2v) is 8.21. The third kappa shape index (κ3) is 4.05. The summed E-state index contributed by atoms with van der Waals surface area (Å²) >= 11 is -0.240. The van der Waals surface area contributed by atoms with Gasteiger partial charge in [0.05, 0.1) is 35.3 Å². The Balaban J connectivity index is 1.77. The van der Waals surface area contributed by atoms with Crippen molar-refractivity contribution in [1.29, 1.82) is 0 Å². The Morgan fingerprint density at radius 2 is 1.81 bits per heavy atom. The molecule has 0 spiro atoms. The van der Waals surface area contributed by atoms with Gasteiger partial charge in [-0.1, -0.05) is 18.2 Å². The van der Waals surface area contributed by atoms with E-state index in [1.54, 1.807) is 20.2 Å². The highest BCUT2D eigenvalue weighted by Crippen LogP contribution is 2.37. The van der Waals surface area contributed by atoms with E-state index in [2.05, 4.69) is 10.3 Å². The predicted molar refractivity (Wildman–Crippen MR) is 119 cm³/mol. The van der Waals surface area contributed by atoms with Gasteiger partial charge in [-0.25, -0.2) is 9.36 Å². The van der Waals surface area contributed by atoms with Crippen LogP contribution in [0.1, 0.15) is 11.3 Å². The first-order valence-electron chi connectivity index (χ1n) is 9.61. The van der Waals surface area contributed by atoms with Crippen LogP contribution in [0.4, 0.5) is 18.9 Å². The van der Waals surface area contributed by atoms with Gasteiger partial charge >= 0.3 is 11.2 Å². The van der Waals surface area contributed by atoms with Crippen molar-refractivity contribution in [1.82, 2.24) is 14.1 Å². The molecule has 0 aliphatic rings. The normalized spacial score (nSPS) is 11.8. The molecule has 0 aliphatic heterocycles.